The van der Waals surface area contributed by atoms with Gasteiger partial charge in [0, 0.05) is 30.7 Å². The van der Waals surface area contributed by atoms with E-state index in [9.17, 15) is 9.59 Å². The molecule has 1 amide bonds. The van der Waals surface area contributed by atoms with Gasteiger partial charge in [-0.25, -0.2) is 4.98 Å². The van der Waals surface area contributed by atoms with E-state index in [0.717, 1.165) is 16.9 Å². The van der Waals surface area contributed by atoms with Gasteiger partial charge in [0.05, 0.1) is 24.2 Å². The molecule has 0 radical (unpaired) electrons. The fourth-order valence-electron chi connectivity index (χ4n) is 3.54. The van der Waals surface area contributed by atoms with Crippen molar-refractivity contribution in [2.45, 2.75) is 19.0 Å². The Hall–Kier alpha value is -3.48. The third kappa shape index (κ3) is 3.44. The molecule has 3 N–H and O–H groups in total. The van der Waals surface area contributed by atoms with Gasteiger partial charge in [-0.1, -0.05) is 18.2 Å². The van der Waals surface area contributed by atoms with Crippen LogP contribution in [0.3, 0.4) is 0 Å². The molecular formula is C20H19N5O2. The second-order valence-electron chi connectivity index (χ2n) is 6.56. The summed E-state index contributed by atoms with van der Waals surface area (Å²) in [6.07, 6.45) is 4.71. The number of hydrogen-bond donors (Lipinski definition) is 3. The Bertz CT molecular complexity index is 938. The van der Waals surface area contributed by atoms with Crippen molar-refractivity contribution in [2.24, 2.45) is 10.9 Å². The molecule has 27 heavy (non-hydrogen) atoms. The van der Waals surface area contributed by atoms with Crippen LogP contribution in [0, 0.1) is 5.92 Å². The first kappa shape index (κ1) is 17.0. The number of carbonyl (C=O) groups is 2. The van der Waals surface area contributed by atoms with Crippen molar-refractivity contribution >= 4 is 29.4 Å². The average Bonchev–Trinajstić information content (AvgIpc) is 3.02. The van der Waals surface area contributed by atoms with Crippen molar-refractivity contribution in [3.05, 3.63) is 66.1 Å². The number of anilines is 2. The van der Waals surface area contributed by atoms with Gasteiger partial charge in [-0.05, 0) is 29.8 Å². The Morgan fingerprint density at radius 1 is 1.19 bits per heavy atom. The number of hydrogen-bond acceptors (Lipinski definition) is 6. The predicted octanol–water partition coefficient (Wildman–Crippen LogP) is 2.28. The molecule has 1 aromatic heterocycles. The number of para-hydroxylation sites is 1. The van der Waals surface area contributed by atoms with Crippen LogP contribution in [0.2, 0.25) is 0 Å². The van der Waals surface area contributed by atoms with Gasteiger partial charge < -0.3 is 16.0 Å². The van der Waals surface area contributed by atoms with Crippen molar-refractivity contribution in [1.29, 1.82) is 0 Å². The SMILES string of the molecule is CC(=O)Nc1cc(C2NC3=CN=CC(=O)C3C2Nc2ccccc2)ccn1. The van der Waals surface area contributed by atoms with E-state index >= 15 is 0 Å². The molecule has 4 rings (SSSR count). The number of aliphatic imine (C=N–C) groups is 1. The molecule has 0 spiro atoms. The third-order valence-electron chi connectivity index (χ3n) is 4.65. The first-order chi connectivity index (χ1) is 13.1. The standard InChI is InChI=1S/C20H19N5O2/c1-12(26)23-17-9-13(7-8-22-17)19-20(24-14-5-3-2-4-6-14)18-15(25-19)10-21-11-16(18)27/h2-11,18-20,24-25H,1H3,(H,22,23,26). The molecule has 136 valence electrons. The highest BCUT2D eigenvalue weighted by Gasteiger charge is 2.44. The summed E-state index contributed by atoms with van der Waals surface area (Å²) in [7, 11) is 0. The van der Waals surface area contributed by atoms with Gasteiger partial charge in [0.1, 0.15) is 5.82 Å². The van der Waals surface area contributed by atoms with E-state index in [4.69, 9.17) is 0 Å². The van der Waals surface area contributed by atoms with Crippen LogP contribution in [0.4, 0.5) is 11.5 Å². The highest BCUT2D eigenvalue weighted by molar-refractivity contribution is 6.30. The summed E-state index contributed by atoms with van der Waals surface area (Å²) < 4.78 is 0. The maximum atomic E-state index is 12.5. The number of nitrogens with one attached hydrogen (secondary N) is 3. The van der Waals surface area contributed by atoms with Gasteiger partial charge in [0.15, 0.2) is 5.78 Å². The van der Waals surface area contributed by atoms with Gasteiger partial charge in [-0.2, -0.15) is 0 Å². The zero-order chi connectivity index (χ0) is 18.8. The van der Waals surface area contributed by atoms with Crippen LogP contribution in [-0.4, -0.2) is 28.9 Å². The largest absolute Gasteiger partial charge is 0.379 e. The number of rotatable bonds is 4. The lowest BCUT2D eigenvalue weighted by molar-refractivity contribution is -0.115. The summed E-state index contributed by atoms with van der Waals surface area (Å²) >= 11 is 0. The fourth-order valence-corrected chi connectivity index (χ4v) is 3.54. The molecule has 2 aliphatic heterocycles. The third-order valence-corrected chi connectivity index (χ3v) is 4.65. The molecule has 3 unspecified atom stereocenters. The van der Waals surface area contributed by atoms with Crippen molar-refractivity contribution in [2.75, 3.05) is 10.6 Å². The molecule has 7 heteroatoms. The summed E-state index contributed by atoms with van der Waals surface area (Å²) in [5.74, 6) is -0.0817. The van der Waals surface area contributed by atoms with Crippen LogP contribution in [0.5, 0.6) is 0 Å². The lowest BCUT2D eigenvalue weighted by Crippen LogP contribution is -2.36. The monoisotopic (exact) mass is 361 g/mol. The van der Waals surface area contributed by atoms with Crippen molar-refractivity contribution in [3.8, 4) is 0 Å². The van der Waals surface area contributed by atoms with E-state index in [0.29, 0.717) is 5.82 Å². The molecular weight excluding hydrogens is 342 g/mol. The Morgan fingerprint density at radius 3 is 2.78 bits per heavy atom. The number of amides is 1. The normalized spacial score (nSPS) is 23.2. The summed E-state index contributed by atoms with van der Waals surface area (Å²) in [6.45, 7) is 1.44. The first-order valence-corrected chi connectivity index (χ1v) is 8.70. The van der Waals surface area contributed by atoms with E-state index in [2.05, 4.69) is 25.9 Å². The van der Waals surface area contributed by atoms with Gasteiger partial charge in [0.25, 0.3) is 0 Å². The summed E-state index contributed by atoms with van der Waals surface area (Å²) in [4.78, 5) is 32.1. The van der Waals surface area contributed by atoms with Crippen LogP contribution >= 0.6 is 0 Å². The Kier molecular flexibility index (Phi) is 4.42. The Balaban J connectivity index is 1.69. The van der Waals surface area contributed by atoms with E-state index in [1.807, 2.05) is 42.5 Å². The van der Waals surface area contributed by atoms with E-state index in [1.165, 1.54) is 13.1 Å². The minimum absolute atomic E-state index is 0.0351. The lowest BCUT2D eigenvalue weighted by atomic mass is 9.89. The summed E-state index contributed by atoms with van der Waals surface area (Å²) in [5, 5.41) is 9.60. The van der Waals surface area contributed by atoms with Crippen LogP contribution in [0.1, 0.15) is 18.5 Å². The van der Waals surface area contributed by atoms with Crippen molar-refractivity contribution in [3.63, 3.8) is 0 Å². The van der Waals surface area contributed by atoms with Crippen LogP contribution in [-0.2, 0) is 9.59 Å². The van der Waals surface area contributed by atoms with E-state index < -0.39 is 0 Å². The van der Waals surface area contributed by atoms with Crippen LogP contribution in [0.25, 0.3) is 0 Å². The number of aromatic nitrogens is 1. The van der Waals surface area contributed by atoms with Gasteiger partial charge in [-0.3, -0.25) is 14.6 Å². The molecule has 1 saturated heterocycles. The molecule has 2 aromatic rings. The maximum Gasteiger partial charge on any atom is 0.222 e. The molecule has 2 aliphatic rings. The van der Waals surface area contributed by atoms with Crippen molar-refractivity contribution in [1.82, 2.24) is 10.3 Å². The number of ketones is 1. The number of pyridine rings is 1. The topological polar surface area (TPSA) is 95.5 Å². The van der Waals surface area contributed by atoms with Crippen molar-refractivity contribution < 1.29 is 9.59 Å². The number of benzene rings is 1. The summed E-state index contributed by atoms with van der Waals surface area (Å²) in [5.41, 5.74) is 2.64. The fraction of sp³-hybridized carbons (Fsp3) is 0.200. The number of fused-ring (bicyclic) bond motifs is 1. The summed E-state index contributed by atoms with van der Waals surface area (Å²) in [6, 6.07) is 13.1. The Labute approximate surface area is 156 Å². The molecule has 3 heterocycles. The lowest BCUT2D eigenvalue weighted by Gasteiger charge is -2.25. The number of carbonyl (C=O) groups excluding carboxylic acids is 2. The van der Waals surface area contributed by atoms with Gasteiger partial charge in [0.2, 0.25) is 5.91 Å². The quantitative estimate of drug-likeness (QED) is 0.776. The van der Waals surface area contributed by atoms with E-state index in [1.54, 1.807) is 12.4 Å². The minimum atomic E-state index is -0.343. The van der Waals surface area contributed by atoms with Crippen LogP contribution in [0.15, 0.2) is 65.6 Å². The molecule has 7 nitrogen and oxygen atoms in total. The second-order valence-corrected chi connectivity index (χ2v) is 6.56. The molecule has 0 saturated carbocycles. The smallest absolute Gasteiger partial charge is 0.222 e. The molecule has 1 aromatic carbocycles. The average molecular weight is 361 g/mol. The second kappa shape index (κ2) is 7.03. The first-order valence-electron chi connectivity index (χ1n) is 8.70. The highest BCUT2D eigenvalue weighted by Crippen LogP contribution is 2.38. The number of Topliss-reactive ketones (excluding diaryl/α,β-unsaturated/α-hetero) is 1. The molecule has 1 fully saturated rings. The van der Waals surface area contributed by atoms with Gasteiger partial charge in [-0.15, -0.1) is 0 Å². The maximum absolute atomic E-state index is 12.5. The molecule has 0 aliphatic carbocycles. The number of nitrogens with zero attached hydrogens (tertiary/aromatic N) is 2. The highest BCUT2D eigenvalue weighted by atomic mass is 16.1. The zero-order valence-corrected chi connectivity index (χ0v) is 14.7. The molecule has 0 bridgehead atoms. The van der Waals surface area contributed by atoms with Crippen LogP contribution < -0.4 is 16.0 Å². The zero-order valence-electron chi connectivity index (χ0n) is 14.7. The Morgan fingerprint density at radius 2 is 2.00 bits per heavy atom. The van der Waals surface area contributed by atoms with E-state index in [-0.39, 0.29) is 29.7 Å². The molecule has 3 atom stereocenters. The predicted molar refractivity (Wildman–Crippen MR) is 103 cm³/mol. The van der Waals surface area contributed by atoms with Gasteiger partial charge >= 0.3 is 0 Å². The minimum Gasteiger partial charge on any atom is -0.379 e.